The molecule has 2 rings (SSSR count). The predicted octanol–water partition coefficient (Wildman–Crippen LogP) is 2.83. The standard InChI is InChI=1S/C16H28N4/c1-12-17-14(10-15(18-12)19(5)6)13-8-7-9-20(11-13)16(2,3)4/h10,13H,7-9,11H2,1-6H3. The highest BCUT2D eigenvalue weighted by molar-refractivity contribution is 5.38. The Hall–Kier alpha value is -1.16. The van der Waals surface area contributed by atoms with Crippen LogP contribution in [-0.4, -0.2) is 47.6 Å². The first kappa shape index (κ1) is 15.2. The summed E-state index contributed by atoms with van der Waals surface area (Å²) in [6.45, 7) is 11.2. The van der Waals surface area contributed by atoms with Crippen molar-refractivity contribution in [2.24, 2.45) is 0 Å². The van der Waals surface area contributed by atoms with Crippen LogP contribution < -0.4 is 4.90 Å². The van der Waals surface area contributed by atoms with E-state index in [1.807, 2.05) is 21.0 Å². The quantitative estimate of drug-likeness (QED) is 0.831. The molecule has 4 heteroatoms. The number of aromatic nitrogens is 2. The molecule has 0 amide bonds. The van der Waals surface area contributed by atoms with Crippen LogP contribution in [0.4, 0.5) is 5.82 Å². The Morgan fingerprint density at radius 1 is 1.25 bits per heavy atom. The van der Waals surface area contributed by atoms with Crippen molar-refractivity contribution in [3.8, 4) is 0 Å². The van der Waals surface area contributed by atoms with Crippen LogP contribution >= 0.6 is 0 Å². The predicted molar refractivity (Wildman–Crippen MR) is 84.4 cm³/mol. The molecule has 0 saturated carbocycles. The van der Waals surface area contributed by atoms with E-state index in [1.165, 1.54) is 25.1 Å². The first-order valence-electron chi connectivity index (χ1n) is 7.55. The van der Waals surface area contributed by atoms with Crippen LogP contribution in [0, 0.1) is 6.92 Å². The van der Waals surface area contributed by atoms with Crippen molar-refractivity contribution in [3.05, 3.63) is 17.6 Å². The van der Waals surface area contributed by atoms with Crippen molar-refractivity contribution in [1.82, 2.24) is 14.9 Å². The molecular formula is C16H28N4. The van der Waals surface area contributed by atoms with Gasteiger partial charge in [-0.05, 0) is 47.1 Å². The summed E-state index contributed by atoms with van der Waals surface area (Å²) in [5, 5.41) is 0. The normalized spacial score (nSPS) is 21.0. The maximum atomic E-state index is 4.69. The van der Waals surface area contributed by atoms with Crippen LogP contribution in [0.25, 0.3) is 0 Å². The molecular weight excluding hydrogens is 248 g/mol. The number of hydrogen-bond donors (Lipinski definition) is 0. The molecule has 1 aliphatic heterocycles. The van der Waals surface area contributed by atoms with Gasteiger partial charge in [-0.2, -0.15) is 0 Å². The Kier molecular flexibility index (Phi) is 4.33. The molecule has 112 valence electrons. The summed E-state index contributed by atoms with van der Waals surface area (Å²) in [5.74, 6) is 2.42. The Balaban J connectivity index is 2.23. The fourth-order valence-electron chi connectivity index (χ4n) is 2.84. The Morgan fingerprint density at radius 2 is 1.95 bits per heavy atom. The van der Waals surface area contributed by atoms with Gasteiger partial charge < -0.3 is 4.90 Å². The number of hydrogen-bond acceptors (Lipinski definition) is 4. The molecule has 0 radical (unpaired) electrons. The Labute approximate surface area is 123 Å². The van der Waals surface area contributed by atoms with E-state index in [0.29, 0.717) is 5.92 Å². The molecule has 1 aromatic heterocycles. The molecule has 1 unspecified atom stereocenters. The highest BCUT2D eigenvalue weighted by atomic mass is 15.2. The van der Waals surface area contributed by atoms with Crippen LogP contribution in [0.1, 0.15) is 51.0 Å². The van der Waals surface area contributed by atoms with E-state index < -0.39 is 0 Å². The van der Waals surface area contributed by atoms with Crippen molar-refractivity contribution < 1.29 is 0 Å². The van der Waals surface area contributed by atoms with Gasteiger partial charge in [0.25, 0.3) is 0 Å². The van der Waals surface area contributed by atoms with Crippen molar-refractivity contribution >= 4 is 5.82 Å². The number of aryl methyl sites for hydroxylation is 1. The molecule has 0 bridgehead atoms. The lowest BCUT2D eigenvalue weighted by molar-refractivity contribution is 0.0977. The topological polar surface area (TPSA) is 32.3 Å². The highest BCUT2D eigenvalue weighted by Gasteiger charge is 2.29. The average Bonchev–Trinajstić information content (AvgIpc) is 2.37. The third-order valence-corrected chi connectivity index (χ3v) is 4.09. The molecule has 1 atom stereocenters. The lowest BCUT2D eigenvalue weighted by Gasteiger charge is -2.41. The molecule has 0 spiro atoms. The second kappa shape index (κ2) is 5.68. The van der Waals surface area contributed by atoms with E-state index in [9.17, 15) is 0 Å². The third kappa shape index (κ3) is 3.48. The second-order valence-corrected chi connectivity index (χ2v) is 7.05. The first-order valence-corrected chi connectivity index (χ1v) is 7.55. The summed E-state index contributed by atoms with van der Waals surface area (Å²) in [5.41, 5.74) is 1.45. The minimum atomic E-state index is 0.241. The molecule has 1 aromatic rings. The molecule has 0 aliphatic carbocycles. The molecule has 20 heavy (non-hydrogen) atoms. The van der Waals surface area contributed by atoms with E-state index in [-0.39, 0.29) is 5.54 Å². The van der Waals surface area contributed by atoms with Gasteiger partial charge in [0.2, 0.25) is 0 Å². The molecule has 1 saturated heterocycles. The number of piperidine rings is 1. The van der Waals surface area contributed by atoms with Crippen molar-refractivity contribution in [1.29, 1.82) is 0 Å². The van der Waals surface area contributed by atoms with Crippen molar-refractivity contribution in [2.45, 2.75) is 52.0 Å². The second-order valence-electron chi connectivity index (χ2n) is 7.05. The number of anilines is 1. The molecule has 2 heterocycles. The maximum Gasteiger partial charge on any atom is 0.132 e. The van der Waals surface area contributed by atoms with Crippen LogP contribution in [-0.2, 0) is 0 Å². The maximum absolute atomic E-state index is 4.69. The van der Waals surface area contributed by atoms with Gasteiger partial charge in [-0.1, -0.05) is 0 Å². The molecule has 4 nitrogen and oxygen atoms in total. The van der Waals surface area contributed by atoms with Crippen LogP contribution in [0.2, 0.25) is 0 Å². The fourth-order valence-corrected chi connectivity index (χ4v) is 2.84. The van der Waals surface area contributed by atoms with Crippen LogP contribution in [0.5, 0.6) is 0 Å². The summed E-state index contributed by atoms with van der Waals surface area (Å²) in [6, 6.07) is 2.16. The summed E-state index contributed by atoms with van der Waals surface area (Å²) >= 11 is 0. The lowest BCUT2D eigenvalue weighted by atomic mass is 9.91. The van der Waals surface area contributed by atoms with Gasteiger partial charge in [-0.25, -0.2) is 9.97 Å². The Bertz CT molecular complexity index is 462. The number of likely N-dealkylation sites (tertiary alicyclic amines) is 1. The monoisotopic (exact) mass is 276 g/mol. The van der Waals surface area contributed by atoms with Gasteiger partial charge in [0.1, 0.15) is 11.6 Å². The summed E-state index contributed by atoms with van der Waals surface area (Å²) in [6.07, 6.45) is 2.48. The van der Waals surface area contributed by atoms with Gasteiger partial charge in [0.05, 0.1) is 5.69 Å². The van der Waals surface area contributed by atoms with E-state index >= 15 is 0 Å². The zero-order valence-corrected chi connectivity index (χ0v) is 13.8. The minimum Gasteiger partial charge on any atom is -0.363 e. The SMILES string of the molecule is Cc1nc(C2CCCN(C(C)(C)C)C2)cc(N(C)C)n1. The molecule has 1 aliphatic rings. The van der Waals surface area contributed by atoms with E-state index in [1.54, 1.807) is 0 Å². The van der Waals surface area contributed by atoms with Crippen molar-refractivity contribution in [3.63, 3.8) is 0 Å². The average molecular weight is 276 g/mol. The van der Waals surface area contributed by atoms with E-state index in [2.05, 4.69) is 41.6 Å². The lowest BCUT2D eigenvalue weighted by Crippen LogP contribution is -2.46. The van der Waals surface area contributed by atoms with E-state index in [4.69, 9.17) is 4.98 Å². The van der Waals surface area contributed by atoms with Gasteiger partial charge in [0, 0.05) is 38.2 Å². The van der Waals surface area contributed by atoms with Crippen molar-refractivity contribution in [2.75, 3.05) is 32.1 Å². The smallest absolute Gasteiger partial charge is 0.132 e. The molecule has 0 aromatic carbocycles. The fraction of sp³-hybridized carbons (Fsp3) is 0.750. The van der Waals surface area contributed by atoms with Gasteiger partial charge >= 0.3 is 0 Å². The zero-order valence-electron chi connectivity index (χ0n) is 13.8. The first-order chi connectivity index (χ1) is 9.27. The van der Waals surface area contributed by atoms with Crippen LogP contribution in [0.3, 0.4) is 0 Å². The zero-order chi connectivity index (χ0) is 14.9. The van der Waals surface area contributed by atoms with Gasteiger partial charge in [-0.3, -0.25) is 4.90 Å². The van der Waals surface area contributed by atoms with Gasteiger partial charge in [-0.15, -0.1) is 0 Å². The molecule has 0 N–H and O–H groups in total. The molecule has 1 fully saturated rings. The summed E-state index contributed by atoms with van der Waals surface area (Å²) < 4.78 is 0. The summed E-state index contributed by atoms with van der Waals surface area (Å²) in [4.78, 5) is 13.8. The minimum absolute atomic E-state index is 0.241. The largest absolute Gasteiger partial charge is 0.363 e. The number of rotatable bonds is 2. The van der Waals surface area contributed by atoms with Crippen LogP contribution in [0.15, 0.2) is 6.07 Å². The highest BCUT2D eigenvalue weighted by Crippen LogP contribution is 2.30. The van der Waals surface area contributed by atoms with E-state index in [0.717, 1.165) is 18.2 Å². The van der Waals surface area contributed by atoms with Gasteiger partial charge in [0.15, 0.2) is 0 Å². The Morgan fingerprint density at radius 3 is 2.55 bits per heavy atom. The third-order valence-electron chi connectivity index (χ3n) is 4.09. The number of nitrogens with zero attached hydrogens (tertiary/aromatic N) is 4. The summed E-state index contributed by atoms with van der Waals surface area (Å²) in [7, 11) is 4.07.